The van der Waals surface area contributed by atoms with Gasteiger partial charge in [-0.05, 0) is 74.1 Å². The largest absolute Gasteiger partial charge is 0.292 e. The third-order valence-corrected chi connectivity index (χ3v) is 9.83. The smallest absolute Gasteiger partial charge is 0.145 e. The van der Waals surface area contributed by atoms with Gasteiger partial charge in [0.25, 0.3) is 0 Å². The molecule has 0 saturated carbocycles. The van der Waals surface area contributed by atoms with Crippen molar-refractivity contribution in [1.29, 1.82) is 0 Å². The van der Waals surface area contributed by atoms with Gasteiger partial charge in [-0.3, -0.25) is 9.55 Å². The molecular weight excluding hydrogens is 595 g/mol. The number of hydrogen-bond donors (Lipinski definition) is 0. The van der Waals surface area contributed by atoms with Crippen molar-refractivity contribution in [3.8, 4) is 39.3 Å². The minimum absolute atomic E-state index is 0.924. The zero-order valence-electron chi connectivity index (χ0n) is 26.6. The molecule has 0 atom stereocenters. The Hall–Kier alpha value is -6.58. The van der Waals surface area contributed by atoms with E-state index in [-0.39, 0.29) is 0 Å². The molecule has 2 heterocycles. The zero-order valence-corrected chi connectivity index (χ0v) is 26.6. The summed E-state index contributed by atoms with van der Waals surface area (Å²) in [5.74, 6) is 0.924. The second-order valence-electron chi connectivity index (χ2n) is 12.6. The Morgan fingerprint density at radius 3 is 1.84 bits per heavy atom. The molecule has 0 aliphatic heterocycles. The number of nitrogens with zero attached hydrogens (tertiary/aromatic N) is 3. The summed E-state index contributed by atoms with van der Waals surface area (Å²) in [5.41, 5.74) is 10.0. The number of imidazole rings is 1. The molecule has 2 aromatic heterocycles. The van der Waals surface area contributed by atoms with E-state index in [4.69, 9.17) is 9.97 Å². The molecule has 0 radical (unpaired) electrons. The maximum absolute atomic E-state index is 5.12. The predicted molar refractivity (Wildman–Crippen MR) is 205 cm³/mol. The van der Waals surface area contributed by atoms with Crippen LogP contribution >= 0.6 is 0 Å². The monoisotopic (exact) mass is 623 g/mol. The van der Waals surface area contributed by atoms with Crippen LogP contribution < -0.4 is 0 Å². The molecule has 0 bridgehead atoms. The summed E-state index contributed by atoms with van der Waals surface area (Å²) in [6.07, 6.45) is 2.08. The molecule has 228 valence electrons. The fraction of sp³-hybridized carbons (Fsp3) is 0. The van der Waals surface area contributed by atoms with E-state index in [9.17, 15) is 0 Å². The quantitative estimate of drug-likeness (QED) is 0.144. The molecule has 0 aliphatic rings. The molecule has 0 N–H and O–H groups in total. The van der Waals surface area contributed by atoms with Crippen LogP contribution in [0.15, 0.2) is 176 Å². The lowest BCUT2D eigenvalue weighted by molar-refractivity contribution is 1.10. The van der Waals surface area contributed by atoms with E-state index < -0.39 is 0 Å². The maximum atomic E-state index is 5.12. The van der Waals surface area contributed by atoms with Gasteiger partial charge in [-0.1, -0.05) is 140 Å². The number of pyridine rings is 1. The van der Waals surface area contributed by atoms with Gasteiger partial charge in [-0.15, -0.1) is 0 Å². The second-order valence-corrected chi connectivity index (χ2v) is 12.6. The molecule has 10 aromatic rings. The average Bonchev–Trinajstić information content (AvgIpc) is 3.57. The number of para-hydroxylation sites is 4. The Kier molecular flexibility index (Phi) is 6.18. The van der Waals surface area contributed by atoms with Crippen molar-refractivity contribution < 1.29 is 0 Å². The second kappa shape index (κ2) is 11.0. The Morgan fingerprint density at radius 1 is 0.408 bits per heavy atom. The lowest BCUT2D eigenvalue weighted by Gasteiger charge is -2.20. The number of aromatic nitrogens is 3. The van der Waals surface area contributed by atoms with Crippen molar-refractivity contribution in [2.75, 3.05) is 0 Å². The third kappa shape index (κ3) is 4.29. The molecule has 3 heteroatoms. The molecule has 0 spiro atoms. The number of hydrogen-bond acceptors (Lipinski definition) is 2. The molecule has 3 nitrogen and oxygen atoms in total. The Bertz CT molecular complexity index is 2860. The highest BCUT2D eigenvalue weighted by Crippen LogP contribution is 2.47. The highest BCUT2D eigenvalue weighted by atomic mass is 15.1. The lowest BCUT2D eigenvalue weighted by atomic mass is 9.84. The summed E-state index contributed by atoms with van der Waals surface area (Å²) in [4.78, 5) is 10.1. The molecule has 0 unspecified atom stereocenters. The van der Waals surface area contributed by atoms with Gasteiger partial charge in [0.2, 0.25) is 0 Å². The highest BCUT2D eigenvalue weighted by Gasteiger charge is 2.21. The lowest BCUT2D eigenvalue weighted by Crippen LogP contribution is -1.97. The van der Waals surface area contributed by atoms with Crippen molar-refractivity contribution in [3.63, 3.8) is 0 Å². The fourth-order valence-corrected chi connectivity index (χ4v) is 7.68. The molecule has 0 aliphatic carbocycles. The summed E-state index contributed by atoms with van der Waals surface area (Å²) < 4.78 is 2.25. The minimum Gasteiger partial charge on any atom is -0.292 e. The van der Waals surface area contributed by atoms with Gasteiger partial charge in [0, 0.05) is 33.6 Å². The first kappa shape index (κ1) is 27.5. The normalized spacial score (nSPS) is 11.7. The first-order valence-electron chi connectivity index (χ1n) is 16.7. The van der Waals surface area contributed by atoms with Crippen LogP contribution in [0.4, 0.5) is 0 Å². The van der Waals surface area contributed by atoms with Crippen molar-refractivity contribution in [2.45, 2.75) is 0 Å². The summed E-state index contributed by atoms with van der Waals surface area (Å²) in [7, 11) is 0. The third-order valence-electron chi connectivity index (χ3n) is 9.83. The van der Waals surface area contributed by atoms with Gasteiger partial charge in [-0.25, -0.2) is 4.98 Å². The minimum atomic E-state index is 0.924. The van der Waals surface area contributed by atoms with Crippen LogP contribution in [0.3, 0.4) is 0 Å². The van der Waals surface area contributed by atoms with Gasteiger partial charge < -0.3 is 0 Å². The van der Waals surface area contributed by atoms with E-state index in [1.807, 2.05) is 6.07 Å². The first-order chi connectivity index (χ1) is 24.3. The number of rotatable bonds is 4. The molecule has 0 amide bonds. The van der Waals surface area contributed by atoms with Gasteiger partial charge in [0.05, 0.1) is 16.6 Å². The predicted octanol–water partition coefficient (Wildman–Crippen LogP) is 12.0. The summed E-state index contributed by atoms with van der Waals surface area (Å²) in [5, 5.41) is 8.44. The van der Waals surface area contributed by atoms with E-state index in [1.54, 1.807) is 0 Å². The van der Waals surface area contributed by atoms with E-state index in [1.165, 1.54) is 43.6 Å². The topological polar surface area (TPSA) is 30.7 Å². The van der Waals surface area contributed by atoms with Crippen LogP contribution in [0.25, 0.3) is 93.6 Å². The Labute approximate surface area is 283 Å². The standard InChI is InChI=1S/C46H29N3/c1-2-15-33(16-3-1)49-42-24-11-10-23-41(42)48-46(49)32-27-25-31(26-28-32)43-36-18-6-7-19-37(36)44(35-21-12-14-30-13-4-5-17-34(30)35)45-38-20-8-9-22-40(38)47-29-39(43)45/h1-29H. The van der Waals surface area contributed by atoms with Gasteiger partial charge in [-0.2, -0.15) is 0 Å². The number of fused-ring (bicyclic) bond motifs is 6. The zero-order chi connectivity index (χ0) is 32.3. The Morgan fingerprint density at radius 2 is 1.02 bits per heavy atom. The molecular formula is C46H29N3. The van der Waals surface area contributed by atoms with Gasteiger partial charge >= 0.3 is 0 Å². The van der Waals surface area contributed by atoms with Crippen LogP contribution in [0.5, 0.6) is 0 Å². The van der Waals surface area contributed by atoms with Crippen LogP contribution in [0.1, 0.15) is 0 Å². The van der Waals surface area contributed by atoms with Gasteiger partial charge in [0.1, 0.15) is 5.82 Å². The number of benzene rings is 8. The van der Waals surface area contributed by atoms with Crippen molar-refractivity contribution in [3.05, 3.63) is 176 Å². The fourth-order valence-electron chi connectivity index (χ4n) is 7.68. The van der Waals surface area contributed by atoms with Crippen LogP contribution in [0.2, 0.25) is 0 Å². The van der Waals surface area contributed by atoms with E-state index >= 15 is 0 Å². The molecule has 0 fully saturated rings. The summed E-state index contributed by atoms with van der Waals surface area (Å²) in [6, 6.07) is 60.5. The Balaban J connectivity index is 1.25. The SMILES string of the molecule is c1ccc(-n2c(-c3ccc(-c4c5ccccc5c(-c5cccc6ccccc56)c5c4cnc4ccccc45)cc3)nc3ccccc32)cc1. The average molecular weight is 624 g/mol. The van der Waals surface area contributed by atoms with Crippen molar-refractivity contribution >= 4 is 54.3 Å². The van der Waals surface area contributed by atoms with Crippen LogP contribution in [0, 0.1) is 0 Å². The van der Waals surface area contributed by atoms with E-state index in [0.717, 1.165) is 50.0 Å². The molecule has 8 aromatic carbocycles. The van der Waals surface area contributed by atoms with Gasteiger partial charge in [0.15, 0.2) is 0 Å². The van der Waals surface area contributed by atoms with Crippen LogP contribution in [-0.4, -0.2) is 14.5 Å². The van der Waals surface area contributed by atoms with E-state index in [2.05, 4.69) is 175 Å². The van der Waals surface area contributed by atoms with Crippen molar-refractivity contribution in [2.24, 2.45) is 0 Å². The first-order valence-corrected chi connectivity index (χ1v) is 16.7. The van der Waals surface area contributed by atoms with Crippen LogP contribution in [-0.2, 0) is 0 Å². The summed E-state index contributed by atoms with van der Waals surface area (Å²) in [6.45, 7) is 0. The van der Waals surface area contributed by atoms with E-state index in [0.29, 0.717) is 0 Å². The highest BCUT2D eigenvalue weighted by molar-refractivity contribution is 6.28. The molecule has 0 saturated heterocycles. The molecule has 49 heavy (non-hydrogen) atoms. The van der Waals surface area contributed by atoms with Crippen molar-refractivity contribution in [1.82, 2.24) is 14.5 Å². The molecule has 10 rings (SSSR count). The maximum Gasteiger partial charge on any atom is 0.145 e. The summed E-state index contributed by atoms with van der Waals surface area (Å²) >= 11 is 0.